The van der Waals surface area contributed by atoms with Gasteiger partial charge in [0.1, 0.15) is 0 Å². The van der Waals surface area contributed by atoms with Gasteiger partial charge < -0.3 is 5.73 Å². The Hall–Kier alpha value is -0.720. The van der Waals surface area contributed by atoms with Crippen molar-refractivity contribution in [3.8, 4) is 0 Å². The molecule has 0 aromatic carbocycles. The molecule has 0 bridgehead atoms. The zero-order chi connectivity index (χ0) is 8.91. The van der Waals surface area contributed by atoms with Crippen LogP contribution in [0, 0.1) is 5.41 Å². The first-order chi connectivity index (χ1) is 4.95. The first-order valence-corrected chi connectivity index (χ1v) is 4.04. The fourth-order valence-corrected chi connectivity index (χ4v) is 0.645. The van der Waals surface area contributed by atoms with E-state index in [0.29, 0.717) is 5.41 Å². The standard InChI is InChI=1S/C10H19N/c1-5-9(11)7-6-8-10(2,3)4/h5-7H,8,11H2,1-4H3/b7-6-,9-5+. The van der Waals surface area contributed by atoms with E-state index in [1.807, 2.05) is 19.1 Å². The van der Waals surface area contributed by atoms with Crippen molar-refractivity contribution in [3.63, 3.8) is 0 Å². The molecule has 1 nitrogen and oxygen atoms in total. The summed E-state index contributed by atoms with van der Waals surface area (Å²) in [7, 11) is 0. The lowest BCUT2D eigenvalue weighted by Gasteiger charge is -2.14. The van der Waals surface area contributed by atoms with Gasteiger partial charge in [-0.25, -0.2) is 0 Å². The molecule has 0 fully saturated rings. The molecular formula is C10H19N. The van der Waals surface area contributed by atoms with Crippen LogP contribution in [0.25, 0.3) is 0 Å². The monoisotopic (exact) mass is 153 g/mol. The Bertz CT molecular complexity index is 158. The maximum atomic E-state index is 5.58. The third-order valence-electron chi connectivity index (χ3n) is 1.37. The summed E-state index contributed by atoms with van der Waals surface area (Å²) in [6.45, 7) is 8.58. The van der Waals surface area contributed by atoms with E-state index in [4.69, 9.17) is 5.73 Å². The summed E-state index contributed by atoms with van der Waals surface area (Å²) >= 11 is 0. The van der Waals surface area contributed by atoms with Crippen LogP contribution in [0.15, 0.2) is 23.9 Å². The van der Waals surface area contributed by atoms with Crippen LogP contribution >= 0.6 is 0 Å². The third-order valence-corrected chi connectivity index (χ3v) is 1.37. The minimum absolute atomic E-state index is 0.366. The second kappa shape index (κ2) is 4.22. The van der Waals surface area contributed by atoms with Gasteiger partial charge in [-0.15, -0.1) is 0 Å². The molecule has 0 amide bonds. The molecule has 1 heteroatoms. The predicted molar refractivity (Wildman–Crippen MR) is 51.2 cm³/mol. The second-order valence-electron chi connectivity index (χ2n) is 3.96. The van der Waals surface area contributed by atoms with E-state index >= 15 is 0 Å². The van der Waals surface area contributed by atoms with Crippen LogP contribution in [0.2, 0.25) is 0 Å². The molecule has 64 valence electrons. The number of nitrogens with two attached hydrogens (primary N) is 1. The third kappa shape index (κ3) is 7.17. The van der Waals surface area contributed by atoms with E-state index in [1.54, 1.807) is 0 Å². The molecule has 0 aromatic rings. The maximum absolute atomic E-state index is 5.58. The maximum Gasteiger partial charge on any atom is 0.0267 e. The lowest BCUT2D eigenvalue weighted by Crippen LogP contribution is -2.02. The van der Waals surface area contributed by atoms with Crippen molar-refractivity contribution in [3.05, 3.63) is 23.9 Å². The molecule has 0 rings (SSSR count). The molecule has 0 heterocycles. The highest BCUT2D eigenvalue weighted by molar-refractivity contribution is 5.13. The highest BCUT2D eigenvalue weighted by atomic mass is 14.5. The van der Waals surface area contributed by atoms with Gasteiger partial charge in [-0.3, -0.25) is 0 Å². The smallest absolute Gasteiger partial charge is 0.0267 e. The number of hydrogen-bond donors (Lipinski definition) is 1. The first kappa shape index (κ1) is 10.3. The number of rotatable bonds is 2. The predicted octanol–water partition coefficient (Wildman–Crippen LogP) is 2.84. The molecule has 0 aliphatic heterocycles. The van der Waals surface area contributed by atoms with E-state index < -0.39 is 0 Å². The topological polar surface area (TPSA) is 26.0 Å². The minimum atomic E-state index is 0.366. The van der Waals surface area contributed by atoms with E-state index in [1.165, 1.54) is 0 Å². The van der Waals surface area contributed by atoms with Gasteiger partial charge in [0.15, 0.2) is 0 Å². The number of hydrogen-bond acceptors (Lipinski definition) is 1. The fourth-order valence-electron chi connectivity index (χ4n) is 0.645. The zero-order valence-corrected chi connectivity index (χ0v) is 8.02. The van der Waals surface area contributed by atoms with E-state index in [0.717, 1.165) is 12.1 Å². The highest BCUT2D eigenvalue weighted by Crippen LogP contribution is 2.18. The molecular weight excluding hydrogens is 134 g/mol. The van der Waals surface area contributed by atoms with Crippen LogP contribution < -0.4 is 5.73 Å². The van der Waals surface area contributed by atoms with Crippen LogP contribution in [-0.2, 0) is 0 Å². The molecule has 0 aliphatic rings. The Morgan fingerprint density at radius 3 is 2.27 bits per heavy atom. The van der Waals surface area contributed by atoms with Crippen LogP contribution in [-0.4, -0.2) is 0 Å². The van der Waals surface area contributed by atoms with Gasteiger partial charge in [-0.1, -0.05) is 32.9 Å². The van der Waals surface area contributed by atoms with Crippen molar-refractivity contribution in [2.24, 2.45) is 11.1 Å². The Morgan fingerprint density at radius 2 is 1.91 bits per heavy atom. The molecule has 2 N–H and O–H groups in total. The van der Waals surface area contributed by atoms with Crippen molar-refractivity contribution >= 4 is 0 Å². The van der Waals surface area contributed by atoms with Gasteiger partial charge in [0.05, 0.1) is 0 Å². The van der Waals surface area contributed by atoms with Crippen molar-refractivity contribution in [1.29, 1.82) is 0 Å². The van der Waals surface area contributed by atoms with Crippen LogP contribution in [0.3, 0.4) is 0 Å². The molecule has 0 saturated carbocycles. The minimum Gasteiger partial charge on any atom is -0.399 e. The Balaban J connectivity index is 3.79. The summed E-state index contributed by atoms with van der Waals surface area (Å²) in [5.74, 6) is 0. The lowest BCUT2D eigenvalue weighted by atomic mass is 9.92. The molecule has 0 aliphatic carbocycles. The van der Waals surface area contributed by atoms with Crippen molar-refractivity contribution < 1.29 is 0 Å². The normalized spacial score (nSPS) is 14.4. The zero-order valence-electron chi connectivity index (χ0n) is 8.02. The Morgan fingerprint density at radius 1 is 1.36 bits per heavy atom. The second-order valence-corrected chi connectivity index (χ2v) is 3.96. The van der Waals surface area contributed by atoms with Crippen molar-refractivity contribution in [2.75, 3.05) is 0 Å². The molecule has 0 aromatic heterocycles. The van der Waals surface area contributed by atoms with Gasteiger partial charge in [0.25, 0.3) is 0 Å². The summed E-state index contributed by atoms with van der Waals surface area (Å²) in [4.78, 5) is 0. The SMILES string of the molecule is C/C=C(N)\C=C/CC(C)(C)C. The molecule has 0 radical (unpaired) electrons. The largest absolute Gasteiger partial charge is 0.399 e. The van der Waals surface area contributed by atoms with Gasteiger partial charge in [0, 0.05) is 5.70 Å². The van der Waals surface area contributed by atoms with E-state index in [9.17, 15) is 0 Å². The van der Waals surface area contributed by atoms with E-state index in [-0.39, 0.29) is 0 Å². The summed E-state index contributed by atoms with van der Waals surface area (Å²) in [5, 5.41) is 0. The average molecular weight is 153 g/mol. The summed E-state index contributed by atoms with van der Waals surface area (Å²) in [5.41, 5.74) is 6.78. The number of allylic oxidation sites excluding steroid dienone is 3. The molecule has 11 heavy (non-hydrogen) atoms. The molecule has 0 unspecified atom stereocenters. The first-order valence-electron chi connectivity index (χ1n) is 4.04. The molecule has 0 saturated heterocycles. The van der Waals surface area contributed by atoms with Gasteiger partial charge in [0.2, 0.25) is 0 Å². The molecule has 0 spiro atoms. The van der Waals surface area contributed by atoms with Gasteiger partial charge >= 0.3 is 0 Å². The molecule has 0 atom stereocenters. The van der Waals surface area contributed by atoms with Crippen LogP contribution in [0.5, 0.6) is 0 Å². The Kier molecular flexibility index (Phi) is 3.94. The highest BCUT2D eigenvalue weighted by Gasteiger charge is 2.05. The summed E-state index contributed by atoms with van der Waals surface area (Å²) < 4.78 is 0. The van der Waals surface area contributed by atoms with Crippen LogP contribution in [0.1, 0.15) is 34.1 Å². The van der Waals surface area contributed by atoms with E-state index in [2.05, 4.69) is 26.8 Å². The van der Waals surface area contributed by atoms with Gasteiger partial charge in [-0.05, 0) is 24.8 Å². The fraction of sp³-hybridized carbons (Fsp3) is 0.600. The Labute approximate surface area is 70.0 Å². The lowest BCUT2D eigenvalue weighted by molar-refractivity contribution is 0.420. The van der Waals surface area contributed by atoms with Crippen molar-refractivity contribution in [2.45, 2.75) is 34.1 Å². The summed E-state index contributed by atoms with van der Waals surface area (Å²) in [6.07, 6.45) is 7.06. The quantitative estimate of drug-likeness (QED) is 0.606. The van der Waals surface area contributed by atoms with Crippen LogP contribution in [0.4, 0.5) is 0 Å². The summed E-state index contributed by atoms with van der Waals surface area (Å²) in [6, 6.07) is 0. The van der Waals surface area contributed by atoms with Gasteiger partial charge in [-0.2, -0.15) is 0 Å². The van der Waals surface area contributed by atoms with Crippen molar-refractivity contribution in [1.82, 2.24) is 0 Å². The average Bonchev–Trinajstić information content (AvgIpc) is 1.85.